The minimum Gasteiger partial charge on any atom is -0.493 e. The molecule has 4 aromatic rings. The predicted octanol–water partition coefficient (Wildman–Crippen LogP) is 7.36. The van der Waals surface area contributed by atoms with E-state index in [0.29, 0.717) is 6.42 Å². The number of unbranched alkanes of at least 4 members (excludes halogenated alkanes) is 1. The molecule has 0 fully saturated rings. The van der Waals surface area contributed by atoms with Crippen LogP contribution in [-0.2, 0) is 5.54 Å². The number of carbonyl (C=O) groups is 1. The predicted molar refractivity (Wildman–Crippen MR) is 147 cm³/mol. The molecule has 0 bridgehead atoms. The summed E-state index contributed by atoms with van der Waals surface area (Å²) in [6, 6.07) is 4.47. The van der Waals surface area contributed by atoms with E-state index in [0.717, 1.165) is 36.1 Å². The zero-order valence-corrected chi connectivity index (χ0v) is 23.7. The van der Waals surface area contributed by atoms with Crippen LogP contribution in [0.5, 0.6) is 5.75 Å². The first-order valence-corrected chi connectivity index (χ1v) is 13.6. The number of hydrogen-bond donors (Lipinski definition) is 1. The van der Waals surface area contributed by atoms with E-state index in [1.54, 1.807) is 0 Å². The highest BCUT2D eigenvalue weighted by Gasteiger charge is 2.61. The Kier molecular flexibility index (Phi) is 8.46. The molecule has 0 radical (unpaired) electrons. The Hall–Kier alpha value is -4.34. The number of halogens is 9. The molecular formula is C28H21ClF8N6O2. The first kappa shape index (κ1) is 32.1. The number of benzene rings is 2. The Balaban J connectivity index is 1.23. The van der Waals surface area contributed by atoms with Gasteiger partial charge in [0.2, 0.25) is 5.54 Å². The Bertz CT molecular complexity index is 1740. The third-order valence-electron chi connectivity index (χ3n) is 7.03. The Morgan fingerprint density at radius 1 is 1.04 bits per heavy atom. The van der Waals surface area contributed by atoms with Gasteiger partial charge in [0.05, 0.1) is 17.7 Å². The summed E-state index contributed by atoms with van der Waals surface area (Å²) >= 11 is 6.16. The molecule has 2 aromatic heterocycles. The molecule has 5 rings (SSSR count). The van der Waals surface area contributed by atoms with Crippen molar-refractivity contribution < 1.29 is 44.7 Å². The largest absolute Gasteiger partial charge is 0.493 e. The van der Waals surface area contributed by atoms with Gasteiger partial charge < -0.3 is 10.1 Å². The molecule has 1 aliphatic rings. The lowest BCUT2D eigenvalue weighted by atomic mass is 9.95. The molecule has 0 spiro atoms. The second kappa shape index (κ2) is 11.9. The van der Waals surface area contributed by atoms with Gasteiger partial charge in [-0.2, -0.15) is 45.9 Å². The van der Waals surface area contributed by atoms with E-state index in [2.05, 4.69) is 25.4 Å². The molecule has 0 amide bonds. The standard InChI is InChI=1S/C28H21ClF8N6O2/c1-14(27(32,33)34)41-24-22(23(29)42-25-38-13-40-43(24)25)21-18(30)10-17(11-19(21)31)45-9-3-2-4-20(44)15-5-7-16(8-6-15)26(12-39-26)28(35,36)37/h5-8,10-14,41H,2-4,9H2,1H3/t14-,26?/m0/s1. The number of fused-ring (bicyclic) bond motifs is 1. The van der Waals surface area contributed by atoms with Crippen LogP contribution in [0.2, 0.25) is 5.15 Å². The number of aliphatic imine (C=N–C) groups is 1. The van der Waals surface area contributed by atoms with Gasteiger partial charge in [0, 0.05) is 30.3 Å². The molecule has 2 atom stereocenters. The summed E-state index contributed by atoms with van der Waals surface area (Å²) < 4.78 is 116. The van der Waals surface area contributed by atoms with Gasteiger partial charge in [0.1, 0.15) is 40.7 Å². The van der Waals surface area contributed by atoms with E-state index < -0.39 is 57.7 Å². The van der Waals surface area contributed by atoms with Crippen molar-refractivity contribution >= 4 is 35.2 Å². The second-order valence-electron chi connectivity index (χ2n) is 10.1. The van der Waals surface area contributed by atoms with Gasteiger partial charge in [0.25, 0.3) is 5.78 Å². The normalized spacial score (nSPS) is 17.0. The first-order valence-electron chi connectivity index (χ1n) is 13.2. The molecule has 8 nitrogen and oxygen atoms in total. The third kappa shape index (κ3) is 6.41. The lowest BCUT2D eigenvalue weighted by Crippen LogP contribution is -2.34. The maximum atomic E-state index is 15.3. The Morgan fingerprint density at radius 3 is 2.27 bits per heavy atom. The second-order valence-corrected chi connectivity index (χ2v) is 10.5. The minimum atomic E-state index is -4.73. The van der Waals surface area contributed by atoms with Gasteiger partial charge in [-0.1, -0.05) is 35.9 Å². The molecule has 0 aliphatic carbocycles. The molecule has 2 aromatic carbocycles. The van der Waals surface area contributed by atoms with Crippen LogP contribution in [-0.4, -0.2) is 56.6 Å². The quantitative estimate of drug-likeness (QED) is 0.0782. The number of anilines is 1. The van der Waals surface area contributed by atoms with Crippen molar-refractivity contribution in [1.29, 1.82) is 0 Å². The topological polar surface area (TPSA) is 93.8 Å². The first-order chi connectivity index (χ1) is 21.1. The van der Waals surface area contributed by atoms with E-state index >= 15 is 8.78 Å². The minimum absolute atomic E-state index is 0.0354. The summed E-state index contributed by atoms with van der Waals surface area (Å²) in [4.78, 5) is 23.5. The number of aromatic nitrogens is 4. The smallest absolute Gasteiger partial charge is 0.422 e. The number of nitrogens with zero attached hydrogens (tertiary/aromatic N) is 5. The van der Waals surface area contributed by atoms with Crippen molar-refractivity contribution in [3.8, 4) is 16.9 Å². The van der Waals surface area contributed by atoms with Gasteiger partial charge in [-0.3, -0.25) is 9.79 Å². The summed E-state index contributed by atoms with van der Waals surface area (Å²) in [5, 5.41) is 5.40. The number of Topliss-reactive ketones (excluding diaryl/α,β-unsaturated/α-hetero) is 1. The number of nitrogens with one attached hydrogen (secondary N) is 1. The van der Waals surface area contributed by atoms with Crippen molar-refractivity contribution in [1.82, 2.24) is 19.6 Å². The average Bonchev–Trinajstić information content (AvgIpc) is 3.66. The number of carbonyl (C=O) groups excluding carboxylic acids is 1. The lowest BCUT2D eigenvalue weighted by Gasteiger charge is -2.21. The van der Waals surface area contributed by atoms with Crippen LogP contribution >= 0.6 is 11.6 Å². The maximum absolute atomic E-state index is 15.3. The maximum Gasteiger partial charge on any atom is 0.422 e. The fraction of sp³-hybridized carbons (Fsp3) is 0.321. The molecule has 1 N–H and O–H groups in total. The summed E-state index contributed by atoms with van der Waals surface area (Å²) in [6.45, 7) is 0.740. The van der Waals surface area contributed by atoms with E-state index in [1.165, 1.54) is 24.3 Å². The van der Waals surface area contributed by atoms with Crippen LogP contribution in [0.15, 0.2) is 47.7 Å². The van der Waals surface area contributed by atoms with Crippen LogP contribution in [0.4, 0.5) is 40.9 Å². The van der Waals surface area contributed by atoms with E-state index in [1.807, 2.05) is 0 Å². The van der Waals surface area contributed by atoms with Gasteiger partial charge in [-0.05, 0) is 25.3 Å². The van der Waals surface area contributed by atoms with Gasteiger partial charge in [-0.15, -0.1) is 0 Å². The van der Waals surface area contributed by atoms with E-state index in [4.69, 9.17) is 16.3 Å². The van der Waals surface area contributed by atoms with Crippen LogP contribution in [0.1, 0.15) is 42.1 Å². The average molecular weight is 661 g/mol. The number of rotatable bonds is 11. The highest BCUT2D eigenvalue weighted by molar-refractivity contribution is 6.33. The Labute approximate surface area is 254 Å². The monoisotopic (exact) mass is 660 g/mol. The highest BCUT2D eigenvalue weighted by Crippen LogP contribution is 2.48. The zero-order chi connectivity index (χ0) is 32.7. The van der Waals surface area contributed by atoms with Crippen molar-refractivity contribution in [3.05, 3.63) is 70.6 Å². The van der Waals surface area contributed by atoms with Crippen LogP contribution < -0.4 is 10.1 Å². The number of ketones is 1. The summed E-state index contributed by atoms with van der Waals surface area (Å²) in [6.07, 6.45) is -6.91. The van der Waals surface area contributed by atoms with Gasteiger partial charge in [-0.25, -0.2) is 8.78 Å². The molecule has 3 heterocycles. The van der Waals surface area contributed by atoms with Crippen molar-refractivity contribution in [3.63, 3.8) is 0 Å². The molecule has 238 valence electrons. The molecule has 17 heteroatoms. The zero-order valence-electron chi connectivity index (χ0n) is 23.0. The fourth-order valence-corrected chi connectivity index (χ4v) is 4.75. The molecule has 1 aliphatic heterocycles. The van der Waals surface area contributed by atoms with Gasteiger partial charge >= 0.3 is 12.4 Å². The summed E-state index contributed by atoms with van der Waals surface area (Å²) in [7, 11) is 0. The summed E-state index contributed by atoms with van der Waals surface area (Å²) in [5.74, 6) is -3.67. The lowest BCUT2D eigenvalue weighted by molar-refractivity contribution is -0.156. The molecular weight excluding hydrogens is 640 g/mol. The highest BCUT2D eigenvalue weighted by atomic mass is 35.5. The van der Waals surface area contributed by atoms with E-state index in [9.17, 15) is 31.1 Å². The summed E-state index contributed by atoms with van der Waals surface area (Å²) in [5.41, 5.74) is -3.50. The Morgan fingerprint density at radius 2 is 1.69 bits per heavy atom. The molecule has 0 saturated heterocycles. The SMILES string of the molecule is C[C@H](Nc1c(-c2c(F)cc(OCCCCC(=O)c3ccc(C4(C(F)(F)F)C=N4)cc3)cc2F)c(Cl)nc2ncnn12)C(F)(F)F. The van der Waals surface area contributed by atoms with Crippen molar-refractivity contribution in [2.24, 2.45) is 4.99 Å². The van der Waals surface area contributed by atoms with Crippen molar-refractivity contribution in [2.75, 3.05) is 11.9 Å². The molecule has 1 unspecified atom stereocenters. The molecule has 0 saturated carbocycles. The van der Waals surface area contributed by atoms with Crippen LogP contribution in [0.3, 0.4) is 0 Å². The third-order valence-corrected chi connectivity index (χ3v) is 7.30. The molecule has 45 heavy (non-hydrogen) atoms. The number of hydrogen-bond acceptors (Lipinski definition) is 7. The van der Waals surface area contributed by atoms with Crippen LogP contribution in [0, 0.1) is 11.6 Å². The fourth-order valence-electron chi connectivity index (χ4n) is 4.49. The van der Waals surface area contributed by atoms with Crippen LogP contribution in [0.25, 0.3) is 16.9 Å². The van der Waals surface area contributed by atoms with Gasteiger partial charge in [0.15, 0.2) is 5.78 Å². The van der Waals surface area contributed by atoms with E-state index in [-0.39, 0.29) is 47.9 Å². The number of ether oxygens (including phenoxy) is 1. The number of alkyl halides is 6. The van der Waals surface area contributed by atoms with Crippen molar-refractivity contribution in [2.45, 2.75) is 50.1 Å².